The minimum atomic E-state index is -0.112. The Morgan fingerprint density at radius 3 is 2.76 bits per heavy atom. The van der Waals surface area contributed by atoms with Gasteiger partial charge in [-0.1, -0.05) is 0 Å². The number of anilines is 2. The zero-order valence-corrected chi connectivity index (χ0v) is 13.3. The molecule has 0 aliphatic rings. The molecule has 0 radical (unpaired) electrons. The molecule has 3 N–H and O–H groups in total. The Morgan fingerprint density at radius 2 is 2.19 bits per heavy atom. The number of hydrogen-bond donors (Lipinski definition) is 2. The van der Waals surface area contributed by atoms with Gasteiger partial charge >= 0.3 is 0 Å². The lowest BCUT2D eigenvalue weighted by molar-refractivity contribution is 0.0954. The van der Waals surface area contributed by atoms with Gasteiger partial charge in [0.25, 0.3) is 5.91 Å². The molecule has 0 unspecified atom stereocenters. The molecule has 2 aromatic rings. The van der Waals surface area contributed by atoms with Crippen molar-refractivity contribution in [3.63, 3.8) is 0 Å². The summed E-state index contributed by atoms with van der Waals surface area (Å²) >= 11 is 1.62. The van der Waals surface area contributed by atoms with E-state index >= 15 is 0 Å². The molecular formula is C15H20N4OS. The molecule has 0 aliphatic heterocycles. The van der Waals surface area contributed by atoms with E-state index in [0.717, 1.165) is 22.8 Å². The van der Waals surface area contributed by atoms with Crippen LogP contribution in [0.1, 0.15) is 21.1 Å². The Hall–Kier alpha value is -2.08. The van der Waals surface area contributed by atoms with Crippen molar-refractivity contribution < 1.29 is 4.79 Å². The van der Waals surface area contributed by atoms with E-state index in [-0.39, 0.29) is 5.91 Å². The van der Waals surface area contributed by atoms with Gasteiger partial charge in [-0.15, -0.1) is 11.3 Å². The summed E-state index contributed by atoms with van der Waals surface area (Å²) in [5, 5.41) is 5.95. The number of aromatic nitrogens is 1. The Morgan fingerprint density at radius 1 is 1.43 bits per heavy atom. The summed E-state index contributed by atoms with van der Waals surface area (Å²) < 4.78 is 0. The lowest BCUT2D eigenvalue weighted by Gasteiger charge is -2.15. The number of amides is 1. The summed E-state index contributed by atoms with van der Waals surface area (Å²) in [5.41, 5.74) is 9.05. The molecule has 0 atom stereocenters. The molecule has 0 bridgehead atoms. The van der Waals surface area contributed by atoms with Gasteiger partial charge in [0.1, 0.15) is 0 Å². The first-order valence-corrected chi connectivity index (χ1v) is 7.61. The van der Waals surface area contributed by atoms with Crippen LogP contribution in [0.2, 0.25) is 0 Å². The minimum Gasteiger partial charge on any atom is -0.397 e. The maximum Gasteiger partial charge on any atom is 0.251 e. The van der Waals surface area contributed by atoms with E-state index in [4.69, 9.17) is 5.73 Å². The van der Waals surface area contributed by atoms with Crippen molar-refractivity contribution in [3.8, 4) is 0 Å². The Bertz CT molecular complexity index is 636. The van der Waals surface area contributed by atoms with Gasteiger partial charge in [-0.05, 0) is 25.1 Å². The van der Waals surface area contributed by atoms with Crippen LogP contribution >= 0.6 is 11.3 Å². The number of nitrogen functional groups attached to an aromatic ring is 1. The van der Waals surface area contributed by atoms with E-state index in [2.05, 4.69) is 10.3 Å². The van der Waals surface area contributed by atoms with Crippen LogP contribution in [0.5, 0.6) is 0 Å². The van der Waals surface area contributed by atoms with Gasteiger partial charge in [-0.25, -0.2) is 4.98 Å². The van der Waals surface area contributed by atoms with Gasteiger partial charge in [0.05, 0.1) is 22.1 Å². The predicted molar refractivity (Wildman–Crippen MR) is 88.1 cm³/mol. The van der Waals surface area contributed by atoms with E-state index in [1.807, 2.05) is 37.4 Å². The van der Waals surface area contributed by atoms with Gasteiger partial charge in [0.15, 0.2) is 0 Å². The number of carbonyl (C=O) groups is 1. The lowest BCUT2D eigenvalue weighted by Crippen LogP contribution is -2.26. The number of aryl methyl sites for hydroxylation is 1. The third kappa shape index (κ3) is 3.95. The SMILES string of the molecule is Cc1nc(CCNC(=O)c2ccc(N(C)C)c(N)c2)cs1. The highest BCUT2D eigenvalue weighted by atomic mass is 32.1. The predicted octanol–water partition coefficient (Wildman–Crippen LogP) is 2.07. The van der Waals surface area contributed by atoms with Crippen LogP contribution < -0.4 is 16.0 Å². The minimum absolute atomic E-state index is 0.112. The number of nitrogens with one attached hydrogen (secondary N) is 1. The molecule has 6 heteroatoms. The van der Waals surface area contributed by atoms with E-state index in [0.29, 0.717) is 17.8 Å². The lowest BCUT2D eigenvalue weighted by atomic mass is 10.1. The van der Waals surface area contributed by atoms with E-state index in [1.54, 1.807) is 23.5 Å². The summed E-state index contributed by atoms with van der Waals surface area (Å²) in [7, 11) is 3.84. The summed E-state index contributed by atoms with van der Waals surface area (Å²) in [6.45, 7) is 2.54. The molecule has 0 saturated heterocycles. The van der Waals surface area contributed by atoms with Gasteiger partial charge in [0.2, 0.25) is 0 Å². The Kier molecular flexibility index (Phi) is 4.80. The first kappa shape index (κ1) is 15.3. The maximum absolute atomic E-state index is 12.1. The fourth-order valence-corrected chi connectivity index (χ4v) is 2.68. The second-order valence-corrected chi connectivity index (χ2v) is 6.09. The number of rotatable bonds is 5. The normalized spacial score (nSPS) is 10.4. The standard InChI is InChI=1S/C15H20N4OS/c1-10-18-12(9-21-10)6-7-17-15(20)11-4-5-14(19(2)3)13(16)8-11/h4-5,8-9H,6-7,16H2,1-3H3,(H,17,20). The largest absolute Gasteiger partial charge is 0.397 e. The summed E-state index contributed by atoms with van der Waals surface area (Å²) in [6.07, 6.45) is 0.737. The zero-order valence-electron chi connectivity index (χ0n) is 12.5. The average molecular weight is 304 g/mol. The smallest absolute Gasteiger partial charge is 0.251 e. The average Bonchev–Trinajstić information content (AvgIpc) is 2.83. The highest BCUT2D eigenvalue weighted by Gasteiger charge is 2.09. The third-order valence-electron chi connectivity index (χ3n) is 3.10. The topological polar surface area (TPSA) is 71.2 Å². The number of nitrogens with zero attached hydrogens (tertiary/aromatic N) is 2. The van der Waals surface area contributed by atoms with E-state index < -0.39 is 0 Å². The van der Waals surface area contributed by atoms with Crippen molar-refractivity contribution in [3.05, 3.63) is 39.8 Å². The van der Waals surface area contributed by atoms with Crippen molar-refractivity contribution in [2.24, 2.45) is 0 Å². The first-order valence-electron chi connectivity index (χ1n) is 6.73. The Balaban J connectivity index is 1.92. The molecule has 0 spiro atoms. The first-order chi connectivity index (χ1) is 9.97. The Labute approximate surface area is 128 Å². The van der Waals surface area contributed by atoms with Crippen LogP contribution in [0.25, 0.3) is 0 Å². The van der Waals surface area contributed by atoms with E-state index in [9.17, 15) is 4.79 Å². The molecule has 5 nitrogen and oxygen atoms in total. The van der Waals surface area contributed by atoms with Crippen LogP contribution in [-0.4, -0.2) is 31.5 Å². The second kappa shape index (κ2) is 6.58. The van der Waals surface area contributed by atoms with Crippen LogP contribution in [0.4, 0.5) is 11.4 Å². The van der Waals surface area contributed by atoms with Crippen molar-refractivity contribution in [2.45, 2.75) is 13.3 Å². The molecule has 1 aromatic heterocycles. The zero-order chi connectivity index (χ0) is 15.4. The summed E-state index contributed by atoms with van der Waals surface area (Å²) in [6, 6.07) is 5.35. The van der Waals surface area contributed by atoms with Crippen molar-refractivity contribution in [1.82, 2.24) is 10.3 Å². The van der Waals surface area contributed by atoms with Crippen LogP contribution in [0.15, 0.2) is 23.6 Å². The number of carbonyl (C=O) groups excluding carboxylic acids is 1. The van der Waals surface area contributed by atoms with Crippen LogP contribution in [-0.2, 0) is 6.42 Å². The highest BCUT2D eigenvalue weighted by Crippen LogP contribution is 2.22. The summed E-state index contributed by atoms with van der Waals surface area (Å²) in [4.78, 5) is 18.4. The van der Waals surface area contributed by atoms with E-state index in [1.165, 1.54) is 0 Å². The van der Waals surface area contributed by atoms with Crippen molar-refractivity contribution in [1.29, 1.82) is 0 Å². The molecule has 1 aromatic carbocycles. The monoisotopic (exact) mass is 304 g/mol. The maximum atomic E-state index is 12.1. The molecule has 2 rings (SSSR count). The molecule has 112 valence electrons. The molecule has 21 heavy (non-hydrogen) atoms. The van der Waals surface area contributed by atoms with Crippen molar-refractivity contribution in [2.75, 3.05) is 31.3 Å². The van der Waals surface area contributed by atoms with Gasteiger partial charge in [0, 0.05) is 38.0 Å². The number of nitrogens with two attached hydrogens (primary N) is 1. The number of thiazole rings is 1. The summed E-state index contributed by atoms with van der Waals surface area (Å²) in [5.74, 6) is -0.112. The molecule has 1 amide bonds. The molecule has 0 aliphatic carbocycles. The van der Waals surface area contributed by atoms with Crippen LogP contribution in [0.3, 0.4) is 0 Å². The number of benzene rings is 1. The fraction of sp³-hybridized carbons (Fsp3) is 0.333. The molecule has 1 heterocycles. The molecule has 0 saturated carbocycles. The van der Waals surface area contributed by atoms with Gasteiger partial charge < -0.3 is 16.0 Å². The van der Waals surface area contributed by atoms with Crippen LogP contribution in [0, 0.1) is 6.92 Å². The molecule has 0 fully saturated rings. The third-order valence-corrected chi connectivity index (χ3v) is 3.93. The quantitative estimate of drug-likeness (QED) is 0.830. The fourth-order valence-electron chi connectivity index (χ4n) is 2.03. The van der Waals surface area contributed by atoms with Gasteiger partial charge in [-0.3, -0.25) is 4.79 Å². The van der Waals surface area contributed by atoms with Crippen molar-refractivity contribution >= 4 is 28.6 Å². The molecular weight excluding hydrogens is 284 g/mol. The number of hydrogen-bond acceptors (Lipinski definition) is 5. The van der Waals surface area contributed by atoms with Gasteiger partial charge in [-0.2, -0.15) is 0 Å². The highest BCUT2D eigenvalue weighted by molar-refractivity contribution is 7.09. The second-order valence-electron chi connectivity index (χ2n) is 5.03.